The Hall–Kier alpha value is -2.80. The van der Waals surface area contributed by atoms with E-state index >= 15 is 0 Å². The van der Waals surface area contributed by atoms with Gasteiger partial charge in [-0.25, -0.2) is 0 Å². The molecule has 0 saturated carbocycles. The molecule has 0 spiro atoms. The summed E-state index contributed by atoms with van der Waals surface area (Å²) < 4.78 is 5.98. The number of carbonyl (C=O) groups is 3. The van der Waals surface area contributed by atoms with Crippen molar-refractivity contribution in [3.05, 3.63) is 46.9 Å². The van der Waals surface area contributed by atoms with Gasteiger partial charge in [-0.3, -0.25) is 19.3 Å². The van der Waals surface area contributed by atoms with E-state index in [1.807, 2.05) is 50.2 Å². The minimum absolute atomic E-state index is 0.0386. The van der Waals surface area contributed by atoms with Gasteiger partial charge < -0.3 is 9.64 Å². The molecule has 2 aromatic carbocycles. The third-order valence-corrected chi connectivity index (χ3v) is 6.78. The summed E-state index contributed by atoms with van der Waals surface area (Å²) in [5.41, 5.74) is 0.763. The molecule has 2 aliphatic heterocycles. The van der Waals surface area contributed by atoms with Crippen molar-refractivity contribution in [1.29, 1.82) is 0 Å². The predicted octanol–water partition coefficient (Wildman–Crippen LogP) is 4.92. The first-order valence-corrected chi connectivity index (χ1v) is 11.9. The Kier molecular flexibility index (Phi) is 6.55. The number of amides is 3. The number of piperidine rings is 1. The van der Waals surface area contributed by atoms with E-state index in [-0.39, 0.29) is 18.6 Å². The highest BCUT2D eigenvalue weighted by Gasteiger charge is 2.37. The van der Waals surface area contributed by atoms with Crippen molar-refractivity contribution in [2.75, 3.05) is 19.6 Å². The number of fused-ring (bicyclic) bond motifs is 1. The summed E-state index contributed by atoms with van der Waals surface area (Å²) in [6.07, 6.45) is 3.58. The zero-order valence-electron chi connectivity index (χ0n) is 18.7. The quantitative estimate of drug-likeness (QED) is 0.603. The Balaban J connectivity index is 1.60. The molecule has 2 saturated heterocycles. The normalized spacial score (nSPS) is 18.9. The van der Waals surface area contributed by atoms with E-state index in [0.29, 0.717) is 29.7 Å². The smallest absolute Gasteiger partial charge is 0.294 e. The van der Waals surface area contributed by atoms with Crippen molar-refractivity contribution < 1.29 is 19.1 Å². The molecule has 0 aromatic heterocycles. The number of likely N-dealkylation sites (tertiary alicyclic amines) is 1. The first-order chi connectivity index (χ1) is 15.3. The number of hydrogen-bond acceptors (Lipinski definition) is 5. The van der Waals surface area contributed by atoms with E-state index in [0.717, 1.165) is 45.8 Å². The van der Waals surface area contributed by atoms with Crippen LogP contribution in [-0.2, 0) is 9.59 Å². The fourth-order valence-corrected chi connectivity index (χ4v) is 4.86. The standard InChI is InChI=1S/C25H28N2O4S/c1-16(2)31-21-9-8-18-6-4-5-7-19(18)20(21)14-22-24(29)27(25(30)32-22)15-23(28)26-12-10-17(3)11-13-26/h4-9,14,16-17H,10-13,15H2,1-3H3/b22-14+. The Morgan fingerprint density at radius 1 is 1.16 bits per heavy atom. The summed E-state index contributed by atoms with van der Waals surface area (Å²) in [6, 6.07) is 11.7. The molecule has 3 amide bonds. The fraction of sp³-hybridized carbons (Fsp3) is 0.400. The lowest BCUT2D eigenvalue weighted by molar-refractivity contribution is -0.136. The van der Waals surface area contributed by atoms with E-state index in [1.54, 1.807) is 11.0 Å². The van der Waals surface area contributed by atoms with Crippen LogP contribution in [-0.4, -0.2) is 52.6 Å². The van der Waals surface area contributed by atoms with Gasteiger partial charge in [-0.2, -0.15) is 0 Å². The Morgan fingerprint density at radius 2 is 1.88 bits per heavy atom. The minimum Gasteiger partial charge on any atom is -0.490 e. The third kappa shape index (κ3) is 4.67. The summed E-state index contributed by atoms with van der Waals surface area (Å²) in [7, 11) is 0. The molecule has 2 aliphatic rings. The maximum Gasteiger partial charge on any atom is 0.294 e. The molecular formula is C25H28N2O4S. The molecule has 7 heteroatoms. The van der Waals surface area contributed by atoms with Crippen molar-refractivity contribution >= 4 is 45.7 Å². The van der Waals surface area contributed by atoms with E-state index in [9.17, 15) is 14.4 Å². The third-order valence-electron chi connectivity index (χ3n) is 5.87. The molecule has 0 radical (unpaired) electrons. The number of carbonyl (C=O) groups excluding carboxylic acids is 3. The summed E-state index contributed by atoms with van der Waals surface area (Å²) in [5, 5.41) is 1.55. The van der Waals surface area contributed by atoms with Gasteiger partial charge in [-0.15, -0.1) is 0 Å². The van der Waals surface area contributed by atoms with Gasteiger partial charge in [0.25, 0.3) is 11.1 Å². The highest BCUT2D eigenvalue weighted by Crippen LogP contribution is 2.37. The van der Waals surface area contributed by atoms with E-state index in [2.05, 4.69) is 6.92 Å². The fourth-order valence-electron chi connectivity index (χ4n) is 4.04. The van der Waals surface area contributed by atoms with Gasteiger partial charge in [0.05, 0.1) is 11.0 Å². The maximum absolute atomic E-state index is 13.1. The molecule has 2 aromatic rings. The zero-order valence-corrected chi connectivity index (χ0v) is 19.5. The van der Waals surface area contributed by atoms with Gasteiger partial charge >= 0.3 is 0 Å². The Bertz CT molecular complexity index is 1090. The zero-order chi connectivity index (χ0) is 22.8. The molecule has 0 bridgehead atoms. The summed E-state index contributed by atoms with van der Waals surface area (Å²) in [5.74, 6) is 0.655. The van der Waals surface area contributed by atoms with Crippen molar-refractivity contribution in [3.8, 4) is 5.75 Å². The molecule has 0 N–H and O–H groups in total. The van der Waals surface area contributed by atoms with Gasteiger partial charge in [0, 0.05) is 18.7 Å². The molecule has 0 aliphatic carbocycles. The second-order valence-corrected chi connectivity index (χ2v) is 9.69. The molecule has 2 fully saturated rings. The second kappa shape index (κ2) is 9.36. The molecule has 168 valence electrons. The maximum atomic E-state index is 13.1. The van der Waals surface area contributed by atoms with E-state index in [1.165, 1.54) is 0 Å². The van der Waals surface area contributed by atoms with Crippen LogP contribution in [0.2, 0.25) is 0 Å². The molecule has 4 rings (SSSR count). The SMILES string of the molecule is CC1CCN(C(=O)CN2C(=O)S/C(=C/c3c(OC(C)C)ccc4ccccc34)C2=O)CC1. The van der Waals surface area contributed by atoms with Crippen molar-refractivity contribution in [1.82, 2.24) is 9.80 Å². The van der Waals surface area contributed by atoms with Gasteiger partial charge in [0.2, 0.25) is 5.91 Å². The van der Waals surface area contributed by atoms with Crippen LogP contribution in [0.4, 0.5) is 4.79 Å². The number of thioether (sulfide) groups is 1. The molecule has 0 atom stereocenters. The predicted molar refractivity (Wildman–Crippen MR) is 127 cm³/mol. The molecular weight excluding hydrogens is 424 g/mol. The summed E-state index contributed by atoms with van der Waals surface area (Å²) in [4.78, 5) is 41.5. The van der Waals surface area contributed by atoms with Crippen LogP contribution < -0.4 is 4.74 Å². The van der Waals surface area contributed by atoms with Crippen LogP contribution in [0.1, 0.15) is 39.2 Å². The highest BCUT2D eigenvalue weighted by molar-refractivity contribution is 8.18. The van der Waals surface area contributed by atoms with Crippen LogP contribution in [0, 0.1) is 5.92 Å². The van der Waals surface area contributed by atoms with Crippen LogP contribution >= 0.6 is 11.8 Å². The van der Waals surface area contributed by atoms with Crippen LogP contribution in [0.15, 0.2) is 41.3 Å². The molecule has 6 nitrogen and oxygen atoms in total. The average Bonchev–Trinajstić information content (AvgIpc) is 3.03. The van der Waals surface area contributed by atoms with E-state index < -0.39 is 11.1 Å². The monoisotopic (exact) mass is 452 g/mol. The van der Waals surface area contributed by atoms with Crippen LogP contribution in [0.5, 0.6) is 5.75 Å². The van der Waals surface area contributed by atoms with Gasteiger partial charge in [0.1, 0.15) is 12.3 Å². The topological polar surface area (TPSA) is 66.9 Å². The molecule has 0 unspecified atom stereocenters. The number of ether oxygens (including phenoxy) is 1. The summed E-state index contributed by atoms with van der Waals surface area (Å²) >= 11 is 0.874. The van der Waals surface area contributed by atoms with Crippen LogP contribution in [0.3, 0.4) is 0 Å². The Labute approximate surface area is 192 Å². The molecule has 32 heavy (non-hydrogen) atoms. The first kappa shape index (κ1) is 22.4. The largest absolute Gasteiger partial charge is 0.490 e. The first-order valence-electron chi connectivity index (χ1n) is 11.0. The lowest BCUT2D eigenvalue weighted by Crippen LogP contribution is -2.45. The van der Waals surface area contributed by atoms with Crippen LogP contribution in [0.25, 0.3) is 16.8 Å². The molecule has 2 heterocycles. The highest BCUT2D eigenvalue weighted by atomic mass is 32.2. The number of rotatable bonds is 5. The average molecular weight is 453 g/mol. The van der Waals surface area contributed by atoms with Crippen molar-refractivity contribution in [3.63, 3.8) is 0 Å². The van der Waals surface area contributed by atoms with Crippen molar-refractivity contribution in [2.24, 2.45) is 5.92 Å². The number of imide groups is 1. The van der Waals surface area contributed by atoms with E-state index in [4.69, 9.17) is 4.74 Å². The minimum atomic E-state index is -0.429. The number of hydrogen-bond donors (Lipinski definition) is 0. The van der Waals surface area contributed by atoms with Crippen molar-refractivity contribution in [2.45, 2.75) is 39.7 Å². The van der Waals surface area contributed by atoms with Gasteiger partial charge in [0.15, 0.2) is 0 Å². The summed E-state index contributed by atoms with van der Waals surface area (Å²) in [6.45, 7) is 7.21. The second-order valence-electron chi connectivity index (χ2n) is 8.70. The lowest BCUT2D eigenvalue weighted by Gasteiger charge is -2.31. The number of nitrogens with zero attached hydrogens (tertiary/aromatic N) is 2. The Morgan fingerprint density at radius 3 is 2.59 bits per heavy atom. The van der Waals surface area contributed by atoms with Gasteiger partial charge in [-0.05, 0) is 67.3 Å². The lowest BCUT2D eigenvalue weighted by atomic mass is 9.99. The number of benzene rings is 2. The van der Waals surface area contributed by atoms with Gasteiger partial charge in [-0.1, -0.05) is 37.3 Å².